The summed E-state index contributed by atoms with van der Waals surface area (Å²) < 4.78 is 5.31. The number of rotatable bonds is 4. The van der Waals surface area contributed by atoms with Gasteiger partial charge in [-0.3, -0.25) is 0 Å². The third-order valence-electron chi connectivity index (χ3n) is 4.27. The van der Waals surface area contributed by atoms with Crippen molar-refractivity contribution >= 4 is 28.0 Å². The molecule has 0 aromatic heterocycles. The Hall–Kier alpha value is 0.293. The van der Waals surface area contributed by atoms with Gasteiger partial charge >= 0.3 is 133 Å². The number of halogens is 2. The summed E-state index contributed by atoms with van der Waals surface area (Å²) in [5, 5.41) is 0. The van der Waals surface area contributed by atoms with Gasteiger partial charge in [-0.05, 0) is 0 Å². The van der Waals surface area contributed by atoms with Crippen LogP contribution in [0.15, 0.2) is 42.0 Å². The van der Waals surface area contributed by atoms with Crippen LogP contribution >= 0.6 is 24.8 Å². The Morgan fingerprint density at radius 2 is 1.18 bits per heavy atom. The summed E-state index contributed by atoms with van der Waals surface area (Å²) in [6.45, 7) is 14.0. The molecule has 0 aliphatic heterocycles. The van der Waals surface area contributed by atoms with Gasteiger partial charge in [0.1, 0.15) is 0 Å². The van der Waals surface area contributed by atoms with Crippen LogP contribution in [-0.4, -0.2) is 3.21 Å². The SMILES string of the molecule is C[C](C)=[Zr]([C]1=CC(C(C)C)=CC1)[C]1=CC(C(C)C)=CC1.Cl.Cl. The van der Waals surface area contributed by atoms with Gasteiger partial charge in [-0.25, -0.2) is 0 Å². The molecule has 3 heteroatoms. The average Bonchev–Trinajstić information content (AvgIpc) is 2.97. The Morgan fingerprint density at radius 1 is 0.818 bits per heavy atom. The van der Waals surface area contributed by atoms with Crippen molar-refractivity contribution < 1.29 is 21.3 Å². The fourth-order valence-corrected chi connectivity index (χ4v) is 10.3. The van der Waals surface area contributed by atoms with Gasteiger partial charge < -0.3 is 0 Å². The maximum absolute atomic E-state index is 2.54. The molecule has 0 amide bonds. The summed E-state index contributed by atoms with van der Waals surface area (Å²) in [5.74, 6) is 1.35. The van der Waals surface area contributed by atoms with Gasteiger partial charge in [0.15, 0.2) is 0 Å². The molecule has 2 aliphatic rings. The van der Waals surface area contributed by atoms with Crippen molar-refractivity contribution in [3.63, 3.8) is 0 Å². The molecule has 0 atom stereocenters. The molecule has 0 aromatic rings. The van der Waals surface area contributed by atoms with Crippen LogP contribution in [0.5, 0.6) is 0 Å². The van der Waals surface area contributed by atoms with E-state index in [-0.39, 0.29) is 24.8 Å². The first-order valence-electron chi connectivity index (χ1n) is 7.89. The minimum atomic E-state index is -1.70. The fraction of sp³-hybridized carbons (Fsp3) is 0.526. The van der Waals surface area contributed by atoms with E-state index in [1.165, 1.54) is 12.8 Å². The molecule has 124 valence electrons. The summed E-state index contributed by atoms with van der Waals surface area (Å²) >= 11 is -1.70. The quantitative estimate of drug-likeness (QED) is 0.494. The Labute approximate surface area is 156 Å². The van der Waals surface area contributed by atoms with E-state index < -0.39 is 21.3 Å². The average molecular weight is 421 g/mol. The molecular weight excluding hydrogens is 390 g/mol. The number of hydrogen-bond donors (Lipinski definition) is 0. The van der Waals surface area contributed by atoms with E-state index in [0.717, 1.165) is 0 Å². The molecular formula is C19H30Cl2Zr. The van der Waals surface area contributed by atoms with E-state index in [2.05, 4.69) is 65.8 Å². The van der Waals surface area contributed by atoms with Gasteiger partial charge in [0.25, 0.3) is 0 Å². The van der Waals surface area contributed by atoms with Crippen molar-refractivity contribution in [2.75, 3.05) is 0 Å². The smallest absolute Gasteiger partial charge is 0.147 e. The molecule has 0 N–H and O–H groups in total. The Balaban J connectivity index is 0.00000220. The second-order valence-electron chi connectivity index (χ2n) is 6.84. The molecule has 0 saturated carbocycles. The summed E-state index contributed by atoms with van der Waals surface area (Å²) in [6, 6.07) is 0. The van der Waals surface area contributed by atoms with Crippen LogP contribution in [0.25, 0.3) is 0 Å². The van der Waals surface area contributed by atoms with Crippen LogP contribution < -0.4 is 0 Å². The minimum Gasteiger partial charge on any atom is -0.147 e. The summed E-state index contributed by atoms with van der Waals surface area (Å²) in [4.78, 5) is 0. The zero-order valence-corrected chi connectivity index (χ0v) is 18.8. The first-order valence-corrected chi connectivity index (χ1v) is 11.6. The van der Waals surface area contributed by atoms with Crippen LogP contribution in [0.2, 0.25) is 0 Å². The predicted molar refractivity (Wildman–Crippen MR) is 102 cm³/mol. The first kappa shape index (κ1) is 22.3. The number of hydrogen-bond acceptors (Lipinski definition) is 0. The van der Waals surface area contributed by atoms with Gasteiger partial charge in [-0.15, -0.1) is 24.8 Å². The predicted octanol–water partition coefficient (Wildman–Crippen LogP) is 6.40. The summed E-state index contributed by atoms with van der Waals surface area (Å²) in [6.07, 6.45) is 12.5. The molecule has 0 saturated heterocycles. The molecule has 0 heterocycles. The van der Waals surface area contributed by atoms with Crippen LogP contribution in [-0.2, 0) is 21.3 Å². The molecule has 0 nitrogen and oxygen atoms in total. The van der Waals surface area contributed by atoms with E-state index in [4.69, 9.17) is 0 Å². The first-order chi connectivity index (χ1) is 9.40. The van der Waals surface area contributed by atoms with Gasteiger partial charge in [-0.1, -0.05) is 0 Å². The molecule has 22 heavy (non-hydrogen) atoms. The molecule has 0 unspecified atom stereocenters. The molecule has 0 bridgehead atoms. The van der Waals surface area contributed by atoms with Crippen molar-refractivity contribution in [3.8, 4) is 0 Å². The third-order valence-corrected chi connectivity index (χ3v) is 11.6. The van der Waals surface area contributed by atoms with Crippen molar-refractivity contribution in [2.45, 2.75) is 54.4 Å². The molecule has 0 fully saturated rings. The van der Waals surface area contributed by atoms with Crippen molar-refractivity contribution in [1.82, 2.24) is 0 Å². The second kappa shape index (κ2) is 9.56. The minimum absolute atomic E-state index is 0. The van der Waals surface area contributed by atoms with Crippen molar-refractivity contribution in [2.24, 2.45) is 11.8 Å². The Morgan fingerprint density at radius 3 is 1.41 bits per heavy atom. The molecule has 0 spiro atoms. The molecule has 2 rings (SSSR count). The van der Waals surface area contributed by atoms with E-state index in [0.29, 0.717) is 11.8 Å². The van der Waals surface area contributed by atoms with Crippen LogP contribution in [0, 0.1) is 11.8 Å². The number of allylic oxidation sites excluding steroid dienone is 8. The van der Waals surface area contributed by atoms with E-state index in [9.17, 15) is 0 Å². The van der Waals surface area contributed by atoms with Crippen molar-refractivity contribution in [3.05, 3.63) is 42.0 Å². The van der Waals surface area contributed by atoms with E-state index in [1.807, 2.05) is 0 Å². The fourth-order valence-electron chi connectivity index (χ4n) is 3.10. The molecule has 2 aliphatic carbocycles. The normalized spacial score (nSPS) is 16.5. The van der Waals surface area contributed by atoms with Gasteiger partial charge in [0.05, 0.1) is 0 Å². The standard InChI is InChI=1S/2C8H11.C3H6.2ClH.Zr/c2*1-7(2)8-5-3-4-6-8;1-3-2;;;/h2*5-7H,3H2,1-2H3;1-2H3;2*1H;. The van der Waals surface area contributed by atoms with Gasteiger partial charge in [-0.2, -0.15) is 0 Å². The molecule has 0 aromatic carbocycles. The molecule has 0 radical (unpaired) electrons. The zero-order chi connectivity index (χ0) is 14.9. The third kappa shape index (κ3) is 5.15. The Kier molecular flexibility index (Phi) is 9.68. The summed E-state index contributed by atoms with van der Waals surface area (Å²) in [7, 11) is 0. The maximum Gasteiger partial charge on any atom is -0.147 e. The largest absolute Gasteiger partial charge is 0.147 e. The van der Waals surface area contributed by atoms with Crippen LogP contribution in [0.3, 0.4) is 0 Å². The van der Waals surface area contributed by atoms with Crippen LogP contribution in [0.1, 0.15) is 54.4 Å². The van der Waals surface area contributed by atoms with E-state index in [1.54, 1.807) is 20.9 Å². The summed E-state index contributed by atoms with van der Waals surface area (Å²) in [5.41, 5.74) is 3.13. The maximum atomic E-state index is 2.54. The zero-order valence-electron chi connectivity index (χ0n) is 14.7. The van der Waals surface area contributed by atoms with Crippen molar-refractivity contribution in [1.29, 1.82) is 0 Å². The second-order valence-corrected chi connectivity index (χ2v) is 14.3. The Bertz CT molecular complexity index is 510. The van der Waals surface area contributed by atoms with Gasteiger partial charge in [0.2, 0.25) is 0 Å². The van der Waals surface area contributed by atoms with Gasteiger partial charge in [0, 0.05) is 0 Å². The van der Waals surface area contributed by atoms with E-state index >= 15 is 0 Å². The topological polar surface area (TPSA) is 0 Å². The van der Waals surface area contributed by atoms with Crippen LogP contribution in [0.4, 0.5) is 0 Å². The monoisotopic (exact) mass is 418 g/mol.